The molecular formula is C44H59F4N7O3. The molecule has 2 saturated heterocycles. The van der Waals surface area contributed by atoms with Crippen LogP contribution in [-0.4, -0.2) is 74.8 Å². The van der Waals surface area contributed by atoms with Gasteiger partial charge in [-0.25, -0.2) is 9.97 Å². The summed E-state index contributed by atoms with van der Waals surface area (Å²) >= 11 is 0. The second-order valence-corrected chi connectivity index (χ2v) is 16.7. The molecule has 6 aliphatic rings. The van der Waals surface area contributed by atoms with Crippen LogP contribution >= 0.6 is 0 Å². The van der Waals surface area contributed by atoms with Gasteiger partial charge in [-0.2, -0.15) is 13.2 Å². The first-order valence-corrected chi connectivity index (χ1v) is 20.7. The van der Waals surface area contributed by atoms with Gasteiger partial charge in [-0.3, -0.25) is 19.5 Å². The number of pyridine rings is 2. The van der Waals surface area contributed by atoms with Crippen molar-refractivity contribution in [3.05, 3.63) is 58.7 Å². The molecule has 0 atom stereocenters. The third-order valence-electron chi connectivity index (χ3n) is 12.9. The standard InChI is InChI=1S/C21H27N3O.C20H26N4O.C2HF3O.CH4.FH/c1-13-2-4-15(5-3-13)21-23-18-12-22-17-7-6-16(19(17)20(18)24-21)14-8-10-25-11-9-14;21-14-3-1-13(2-4-14)20-23-17-11-22-16-6-5-15(18(16)19(17)24-20)12-7-9-25-10-8-12;3-2(4,5)1-6;;/h6,12-15H,2-5,7-11H2,1H3,(H,23,24);5,11-14H,1-4,6-10,21H2,(H,23,24);1H;1H4;1H. The number of rotatable bonds is 4. The molecule has 6 heterocycles. The van der Waals surface area contributed by atoms with Gasteiger partial charge in [0.1, 0.15) is 11.6 Å². The highest BCUT2D eigenvalue weighted by Gasteiger charge is 2.31. The number of ether oxygens (including phenoxy) is 2. The van der Waals surface area contributed by atoms with Crippen LogP contribution in [0.3, 0.4) is 0 Å². The minimum absolute atomic E-state index is 0. The minimum Gasteiger partial charge on any atom is -0.381 e. The van der Waals surface area contributed by atoms with E-state index in [0.717, 1.165) is 124 Å². The average Bonchev–Trinajstić information content (AvgIpc) is 4.03. The fraction of sp³-hybridized carbons (Fsp3) is 0.614. The van der Waals surface area contributed by atoms with Gasteiger partial charge < -0.3 is 25.2 Å². The van der Waals surface area contributed by atoms with Crippen molar-refractivity contribution in [2.24, 2.45) is 23.5 Å². The predicted octanol–water partition coefficient (Wildman–Crippen LogP) is 9.46. The quantitative estimate of drug-likeness (QED) is 0.137. The Hall–Kier alpha value is -4.01. The Kier molecular flexibility index (Phi) is 14.2. The number of nitrogens with two attached hydrogens (primary N) is 1. The SMILES string of the molecule is C.CC1CCC(c2nc3c4c(ncc3[nH]2)CC=C4C2CCOCC2)CC1.F.NC1CCC(c2nc3c4c(ncc3[nH]2)CC=C4C2CCOCC2)CC1.O=CC(F)(F)F. The molecule has 0 aromatic carbocycles. The summed E-state index contributed by atoms with van der Waals surface area (Å²) < 4.78 is 42.4. The Labute approximate surface area is 337 Å². The van der Waals surface area contributed by atoms with E-state index in [1.807, 2.05) is 12.4 Å². The predicted molar refractivity (Wildman–Crippen MR) is 219 cm³/mol. The number of nitrogens with one attached hydrogen (secondary N) is 2. The number of carbonyl (C=O) groups is 1. The Morgan fingerprint density at radius 2 is 1.07 bits per heavy atom. The molecule has 2 saturated carbocycles. The normalized spacial score (nSPS) is 24.8. The summed E-state index contributed by atoms with van der Waals surface area (Å²) in [5, 5.41) is 0. The number of nitrogens with zero attached hydrogens (tertiary/aromatic N) is 4. The maximum absolute atomic E-state index is 10.4. The topological polar surface area (TPSA) is 145 Å². The van der Waals surface area contributed by atoms with Crippen molar-refractivity contribution in [1.29, 1.82) is 0 Å². The molecule has 4 aliphatic carbocycles. The minimum atomic E-state index is -4.64. The number of alkyl halides is 3. The lowest BCUT2D eigenvalue weighted by Crippen LogP contribution is -2.26. The number of aromatic amines is 2. The zero-order valence-electron chi connectivity index (χ0n) is 32.7. The van der Waals surface area contributed by atoms with E-state index in [0.29, 0.717) is 29.7 Å². The molecule has 4 aromatic rings. The lowest BCUT2D eigenvalue weighted by Gasteiger charge is -2.24. The van der Waals surface area contributed by atoms with Crippen LogP contribution in [0.15, 0.2) is 24.5 Å². The van der Waals surface area contributed by atoms with E-state index in [1.165, 1.54) is 65.2 Å². The molecule has 4 aromatic heterocycles. The smallest absolute Gasteiger partial charge is 0.381 e. The van der Waals surface area contributed by atoms with Gasteiger partial charge in [0, 0.05) is 68.3 Å². The zero-order valence-corrected chi connectivity index (χ0v) is 32.7. The molecule has 0 spiro atoms. The zero-order chi connectivity index (χ0) is 38.8. The van der Waals surface area contributed by atoms with E-state index >= 15 is 0 Å². The van der Waals surface area contributed by atoms with Gasteiger partial charge in [0.15, 0.2) is 0 Å². The van der Waals surface area contributed by atoms with Crippen LogP contribution in [0.5, 0.6) is 0 Å². The summed E-state index contributed by atoms with van der Waals surface area (Å²) in [6, 6.07) is 0.370. The highest BCUT2D eigenvalue weighted by molar-refractivity contribution is 5.93. The fourth-order valence-electron chi connectivity index (χ4n) is 9.67. The first-order valence-electron chi connectivity index (χ1n) is 20.7. The Bertz CT molecular complexity index is 1930. The molecule has 14 heteroatoms. The van der Waals surface area contributed by atoms with Crippen molar-refractivity contribution in [2.45, 2.75) is 128 Å². The third kappa shape index (κ3) is 9.55. The second kappa shape index (κ2) is 18.9. The molecule has 4 fully saturated rings. The van der Waals surface area contributed by atoms with E-state index in [1.54, 1.807) is 0 Å². The molecule has 0 radical (unpaired) electrons. The van der Waals surface area contributed by atoms with Crippen LogP contribution in [0.1, 0.15) is 137 Å². The van der Waals surface area contributed by atoms with Gasteiger partial charge >= 0.3 is 6.18 Å². The number of allylic oxidation sites excluding steroid dienone is 4. The van der Waals surface area contributed by atoms with Crippen LogP contribution in [0.2, 0.25) is 0 Å². The van der Waals surface area contributed by atoms with Crippen LogP contribution in [0.25, 0.3) is 33.2 Å². The largest absolute Gasteiger partial charge is 0.446 e. The number of H-pyrrole nitrogens is 2. The van der Waals surface area contributed by atoms with Crippen molar-refractivity contribution in [3.63, 3.8) is 0 Å². The summed E-state index contributed by atoms with van der Waals surface area (Å²) in [4.78, 5) is 35.5. The van der Waals surface area contributed by atoms with Gasteiger partial charge in [0.25, 0.3) is 0 Å². The van der Waals surface area contributed by atoms with Crippen LogP contribution < -0.4 is 5.73 Å². The molecule has 4 N–H and O–H groups in total. The van der Waals surface area contributed by atoms with E-state index < -0.39 is 12.5 Å². The lowest BCUT2D eigenvalue weighted by atomic mass is 9.83. The molecule has 10 nitrogen and oxygen atoms in total. The first-order chi connectivity index (χ1) is 27.1. The molecule has 0 unspecified atom stereocenters. The number of halogens is 4. The van der Waals surface area contributed by atoms with Crippen LogP contribution in [-0.2, 0) is 27.1 Å². The number of imidazole rings is 2. The first kappa shape index (κ1) is 43.6. The summed E-state index contributed by atoms with van der Waals surface area (Å²) in [5.74, 6) is 5.50. The molecule has 0 amide bonds. The molecule has 0 bridgehead atoms. The monoisotopic (exact) mass is 809 g/mol. The highest BCUT2D eigenvalue weighted by Crippen LogP contribution is 2.43. The Morgan fingerprint density at radius 3 is 1.47 bits per heavy atom. The second-order valence-electron chi connectivity index (χ2n) is 16.7. The average molecular weight is 810 g/mol. The number of hydrogen-bond acceptors (Lipinski definition) is 8. The summed E-state index contributed by atoms with van der Waals surface area (Å²) in [6.07, 6.45) is 19.1. The van der Waals surface area contributed by atoms with Crippen molar-refractivity contribution in [1.82, 2.24) is 29.9 Å². The van der Waals surface area contributed by atoms with Crippen molar-refractivity contribution in [2.75, 3.05) is 26.4 Å². The number of hydrogen-bond donors (Lipinski definition) is 3. The van der Waals surface area contributed by atoms with Crippen molar-refractivity contribution < 1.29 is 32.1 Å². The number of aldehydes is 1. The summed E-state index contributed by atoms with van der Waals surface area (Å²) in [5.41, 5.74) is 18.5. The number of fused-ring (bicyclic) bond motifs is 6. The maximum atomic E-state index is 10.4. The van der Waals surface area contributed by atoms with E-state index in [4.69, 9.17) is 39.9 Å². The molecule has 58 heavy (non-hydrogen) atoms. The number of aromatic nitrogens is 6. The molecular weight excluding hydrogens is 751 g/mol. The van der Waals surface area contributed by atoms with Gasteiger partial charge in [-0.05, 0) is 93.1 Å². The van der Waals surface area contributed by atoms with Gasteiger partial charge in [-0.15, -0.1) is 0 Å². The van der Waals surface area contributed by atoms with E-state index in [-0.39, 0.29) is 12.1 Å². The van der Waals surface area contributed by atoms with Gasteiger partial charge in [-0.1, -0.05) is 39.3 Å². The van der Waals surface area contributed by atoms with Gasteiger partial charge in [0.05, 0.1) is 45.8 Å². The van der Waals surface area contributed by atoms with Crippen LogP contribution in [0.4, 0.5) is 17.9 Å². The maximum Gasteiger partial charge on any atom is 0.446 e. The fourth-order valence-corrected chi connectivity index (χ4v) is 9.67. The Morgan fingerprint density at radius 1 is 0.672 bits per heavy atom. The summed E-state index contributed by atoms with van der Waals surface area (Å²) in [7, 11) is 0. The van der Waals surface area contributed by atoms with Gasteiger partial charge in [0.2, 0.25) is 6.29 Å². The summed E-state index contributed by atoms with van der Waals surface area (Å²) in [6.45, 7) is 5.88. The Balaban J connectivity index is 0.000000167. The highest BCUT2D eigenvalue weighted by atomic mass is 19.4. The lowest BCUT2D eigenvalue weighted by molar-refractivity contribution is -0.156. The number of carbonyl (C=O) groups excluding carboxylic acids is 1. The molecule has 2 aliphatic heterocycles. The molecule has 10 rings (SSSR count). The van der Waals surface area contributed by atoms with Crippen molar-refractivity contribution in [3.8, 4) is 0 Å². The third-order valence-corrected chi connectivity index (χ3v) is 12.9. The van der Waals surface area contributed by atoms with Crippen LogP contribution in [0, 0.1) is 17.8 Å². The molecule has 316 valence electrons. The van der Waals surface area contributed by atoms with E-state index in [9.17, 15) is 13.2 Å². The van der Waals surface area contributed by atoms with E-state index in [2.05, 4.69) is 29.0 Å². The van der Waals surface area contributed by atoms with Crippen molar-refractivity contribution >= 4 is 39.5 Å².